The normalized spacial score (nSPS) is 11.3. The van der Waals surface area contributed by atoms with E-state index in [1.54, 1.807) is 24.3 Å². The molecular formula is C13H16N2O4S. The quantitative estimate of drug-likeness (QED) is 0.872. The summed E-state index contributed by atoms with van der Waals surface area (Å²) in [5, 5.41) is 8.99. The second-order valence-corrected chi connectivity index (χ2v) is 6.13. The maximum Gasteiger partial charge on any atom is 0.265 e. The van der Waals surface area contributed by atoms with Gasteiger partial charge in [0.2, 0.25) is 0 Å². The Hall–Kier alpha value is -1.99. The average molecular weight is 296 g/mol. The highest BCUT2D eigenvalue weighted by atomic mass is 32.2. The third-order valence-corrected chi connectivity index (χ3v) is 4.72. The van der Waals surface area contributed by atoms with Gasteiger partial charge in [-0.3, -0.25) is 4.31 Å². The van der Waals surface area contributed by atoms with E-state index < -0.39 is 10.0 Å². The lowest BCUT2D eigenvalue weighted by molar-refractivity contribution is 0.277. The van der Waals surface area contributed by atoms with Crippen LogP contribution in [0.5, 0.6) is 5.75 Å². The molecule has 0 spiro atoms. The topological polar surface area (TPSA) is 82.6 Å². The van der Waals surface area contributed by atoms with Crippen LogP contribution in [0.4, 0.5) is 5.69 Å². The molecule has 1 heterocycles. The Morgan fingerprint density at radius 2 is 2.05 bits per heavy atom. The van der Waals surface area contributed by atoms with Crippen LogP contribution in [-0.2, 0) is 16.6 Å². The summed E-state index contributed by atoms with van der Waals surface area (Å²) in [6.07, 6.45) is 1.35. The lowest BCUT2D eigenvalue weighted by Gasteiger charge is -2.20. The van der Waals surface area contributed by atoms with Crippen molar-refractivity contribution in [3.8, 4) is 5.75 Å². The fourth-order valence-corrected chi connectivity index (χ4v) is 3.06. The SMILES string of the molecule is COc1ccccc1N(C)S(=O)(=O)c1c[nH]c(CO)c1. The standard InChI is InChI=1S/C13H16N2O4S/c1-15(12-5-3-4-6-13(12)19-2)20(17,18)11-7-10(9-16)14-8-11/h3-8,14,16H,9H2,1-2H3. The molecule has 2 N–H and O–H groups in total. The molecule has 0 unspecified atom stereocenters. The lowest BCUT2D eigenvalue weighted by atomic mass is 10.3. The number of rotatable bonds is 5. The summed E-state index contributed by atoms with van der Waals surface area (Å²) in [5.41, 5.74) is 0.888. The minimum Gasteiger partial charge on any atom is -0.495 e. The van der Waals surface area contributed by atoms with E-state index in [0.29, 0.717) is 17.1 Å². The molecule has 0 aliphatic carbocycles. The third-order valence-electron chi connectivity index (χ3n) is 2.97. The largest absolute Gasteiger partial charge is 0.495 e. The number of methoxy groups -OCH3 is 1. The molecule has 2 rings (SSSR count). The van der Waals surface area contributed by atoms with Crippen molar-refractivity contribution >= 4 is 15.7 Å². The molecule has 0 aliphatic rings. The Bertz CT molecular complexity index is 694. The van der Waals surface area contributed by atoms with Crippen LogP contribution in [-0.4, -0.2) is 32.7 Å². The summed E-state index contributed by atoms with van der Waals surface area (Å²) in [7, 11) is -0.760. The van der Waals surface area contributed by atoms with Crippen molar-refractivity contribution < 1.29 is 18.3 Å². The van der Waals surface area contributed by atoms with Crippen LogP contribution in [0.25, 0.3) is 0 Å². The van der Waals surface area contributed by atoms with Crippen molar-refractivity contribution in [1.29, 1.82) is 0 Å². The number of aromatic amines is 1. The van der Waals surface area contributed by atoms with E-state index in [1.165, 1.54) is 26.4 Å². The van der Waals surface area contributed by atoms with Crippen LogP contribution in [0, 0.1) is 0 Å². The molecule has 0 saturated carbocycles. The zero-order valence-corrected chi connectivity index (χ0v) is 12.0. The van der Waals surface area contributed by atoms with Gasteiger partial charge in [0, 0.05) is 18.9 Å². The van der Waals surface area contributed by atoms with E-state index in [9.17, 15) is 8.42 Å². The minimum atomic E-state index is -3.70. The second kappa shape index (κ2) is 5.56. The van der Waals surface area contributed by atoms with Gasteiger partial charge >= 0.3 is 0 Å². The summed E-state index contributed by atoms with van der Waals surface area (Å²) in [6, 6.07) is 8.26. The zero-order valence-electron chi connectivity index (χ0n) is 11.2. The number of hydrogen-bond acceptors (Lipinski definition) is 4. The van der Waals surface area contributed by atoms with Crippen molar-refractivity contribution in [1.82, 2.24) is 4.98 Å². The van der Waals surface area contributed by atoms with Gasteiger partial charge in [0.15, 0.2) is 0 Å². The summed E-state index contributed by atoms with van der Waals surface area (Å²) in [4.78, 5) is 2.80. The average Bonchev–Trinajstić information content (AvgIpc) is 2.96. The van der Waals surface area contributed by atoms with Crippen LogP contribution in [0.1, 0.15) is 5.69 Å². The zero-order chi connectivity index (χ0) is 14.8. The number of nitrogens with zero attached hydrogens (tertiary/aromatic N) is 1. The lowest BCUT2D eigenvalue weighted by Crippen LogP contribution is -2.26. The highest BCUT2D eigenvalue weighted by Gasteiger charge is 2.24. The third kappa shape index (κ3) is 2.50. The summed E-state index contributed by atoms with van der Waals surface area (Å²) in [5.74, 6) is 0.469. The number of aromatic nitrogens is 1. The van der Waals surface area contributed by atoms with E-state index in [4.69, 9.17) is 9.84 Å². The first-order chi connectivity index (χ1) is 9.50. The van der Waals surface area contributed by atoms with E-state index in [1.807, 2.05) is 0 Å². The number of nitrogens with one attached hydrogen (secondary N) is 1. The predicted molar refractivity (Wildman–Crippen MR) is 75.3 cm³/mol. The van der Waals surface area contributed by atoms with Crippen molar-refractivity contribution in [2.24, 2.45) is 0 Å². The molecule has 1 aromatic carbocycles. The van der Waals surface area contributed by atoms with Gasteiger partial charge in [-0.1, -0.05) is 12.1 Å². The van der Waals surface area contributed by atoms with Gasteiger partial charge in [-0.2, -0.15) is 0 Å². The molecule has 1 aromatic heterocycles. The minimum absolute atomic E-state index is 0.0926. The van der Waals surface area contributed by atoms with E-state index >= 15 is 0 Å². The molecule has 0 saturated heterocycles. The summed E-state index contributed by atoms with van der Waals surface area (Å²) < 4.78 is 31.3. The van der Waals surface area contributed by atoms with Crippen LogP contribution in [0.15, 0.2) is 41.4 Å². The van der Waals surface area contributed by atoms with Crippen molar-refractivity contribution in [3.63, 3.8) is 0 Å². The van der Waals surface area contributed by atoms with Crippen molar-refractivity contribution in [2.45, 2.75) is 11.5 Å². The smallest absolute Gasteiger partial charge is 0.265 e. The molecule has 6 nitrogen and oxygen atoms in total. The van der Waals surface area contributed by atoms with Gasteiger partial charge in [-0.25, -0.2) is 8.42 Å². The molecule has 0 radical (unpaired) electrons. The van der Waals surface area contributed by atoms with Crippen LogP contribution in [0.2, 0.25) is 0 Å². The Morgan fingerprint density at radius 3 is 2.65 bits per heavy atom. The summed E-state index contributed by atoms with van der Waals surface area (Å²) >= 11 is 0. The Labute approximate surface area is 117 Å². The number of ether oxygens (including phenoxy) is 1. The monoisotopic (exact) mass is 296 g/mol. The maximum absolute atomic E-state index is 12.5. The maximum atomic E-state index is 12.5. The number of para-hydroxylation sites is 2. The molecule has 108 valence electrons. The number of anilines is 1. The number of hydrogen-bond donors (Lipinski definition) is 2. The molecule has 0 bridgehead atoms. The molecule has 0 amide bonds. The predicted octanol–water partition coefficient (Wildman–Crippen LogP) is 1.34. The van der Waals surface area contributed by atoms with Crippen LogP contribution >= 0.6 is 0 Å². The highest BCUT2D eigenvalue weighted by Crippen LogP contribution is 2.30. The molecule has 0 fully saturated rings. The number of H-pyrrole nitrogens is 1. The van der Waals surface area contributed by atoms with E-state index in [-0.39, 0.29) is 11.5 Å². The van der Waals surface area contributed by atoms with Crippen molar-refractivity contribution in [3.05, 3.63) is 42.2 Å². The number of benzene rings is 1. The molecular weight excluding hydrogens is 280 g/mol. The molecule has 0 aliphatic heterocycles. The summed E-state index contributed by atoms with van der Waals surface area (Å²) in [6.45, 7) is -0.242. The fraction of sp³-hybridized carbons (Fsp3) is 0.231. The van der Waals surface area contributed by atoms with Gasteiger partial charge in [-0.15, -0.1) is 0 Å². The number of aliphatic hydroxyl groups excluding tert-OH is 1. The fourth-order valence-electron chi connectivity index (χ4n) is 1.84. The van der Waals surface area contributed by atoms with Crippen molar-refractivity contribution in [2.75, 3.05) is 18.5 Å². The molecule has 7 heteroatoms. The van der Waals surface area contributed by atoms with E-state index in [0.717, 1.165) is 4.31 Å². The van der Waals surface area contributed by atoms with Gasteiger partial charge in [0.1, 0.15) is 10.6 Å². The number of aliphatic hydroxyl groups is 1. The molecule has 20 heavy (non-hydrogen) atoms. The Balaban J connectivity index is 2.43. The Morgan fingerprint density at radius 1 is 1.35 bits per heavy atom. The first kappa shape index (κ1) is 14.4. The Kier molecular flexibility index (Phi) is 4.01. The highest BCUT2D eigenvalue weighted by molar-refractivity contribution is 7.92. The van der Waals surface area contributed by atoms with Gasteiger partial charge < -0.3 is 14.8 Å². The van der Waals surface area contributed by atoms with Crippen LogP contribution < -0.4 is 9.04 Å². The first-order valence-corrected chi connectivity index (χ1v) is 7.35. The van der Waals surface area contributed by atoms with Gasteiger partial charge in [-0.05, 0) is 18.2 Å². The first-order valence-electron chi connectivity index (χ1n) is 5.91. The van der Waals surface area contributed by atoms with Gasteiger partial charge in [0.25, 0.3) is 10.0 Å². The van der Waals surface area contributed by atoms with Gasteiger partial charge in [0.05, 0.1) is 19.4 Å². The van der Waals surface area contributed by atoms with Crippen LogP contribution in [0.3, 0.4) is 0 Å². The molecule has 2 aromatic rings. The number of sulfonamides is 1. The van der Waals surface area contributed by atoms with E-state index in [2.05, 4.69) is 4.98 Å². The second-order valence-electron chi connectivity index (χ2n) is 4.16. The molecule has 0 atom stereocenters.